The lowest BCUT2D eigenvalue weighted by Crippen LogP contribution is -2.20. The predicted molar refractivity (Wildman–Crippen MR) is 74.4 cm³/mol. The molecule has 18 heavy (non-hydrogen) atoms. The number of imidazole rings is 1. The maximum Gasteiger partial charge on any atom is 0.0945 e. The molecule has 96 valence electrons. The van der Waals surface area contributed by atoms with Gasteiger partial charge < -0.3 is 9.88 Å². The van der Waals surface area contributed by atoms with E-state index in [0.717, 1.165) is 19.5 Å². The molecule has 1 aromatic heterocycles. The number of nitrogens with one attached hydrogen (secondary N) is 1. The van der Waals surface area contributed by atoms with Gasteiger partial charge in [-0.05, 0) is 32.4 Å². The van der Waals surface area contributed by atoms with E-state index in [1.165, 1.54) is 11.1 Å². The Bertz CT molecular complexity index is 445. The molecule has 0 amide bonds. The van der Waals surface area contributed by atoms with Crippen molar-refractivity contribution < 1.29 is 0 Å². The molecule has 1 atom stereocenters. The van der Waals surface area contributed by atoms with Crippen LogP contribution in [0.3, 0.4) is 0 Å². The number of nitrogens with zero attached hydrogens (tertiary/aromatic N) is 2. The van der Waals surface area contributed by atoms with Gasteiger partial charge in [0.1, 0.15) is 0 Å². The lowest BCUT2D eigenvalue weighted by molar-refractivity contribution is 0.526. The molecule has 0 saturated heterocycles. The van der Waals surface area contributed by atoms with Crippen molar-refractivity contribution in [3.8, 4) is 0 Å². The number of aromatic nitrogens is 2. The Balaban J connectivity index is 1.71. The van der Waals surface area contributed by atoms with Crippen LogP contribution in [0, 0.1) is 6.92 Å². The summed E-state index contributed by atoms with van der Waals surface area (Å²) in [5.41, 5.74) is 2.66. The maximum atomic E-state index is 4.03. The van der Waals surface area contributed by atoms with E-state index in [9.17, 15) is 0 Å². The maximum absolute atomic E-state index is 4.03. The van der Waals surface area contributed by atoms with E-state index in [0.29, 0.717) is 6.04 Å². The van der Waals surface area contributed by atoms with Gasteiger partial charge in [0.05, 0.1) is 6.33 Å². The highest BCUT2D eigenvalue weighted by Crippen LogP contribution is 2.12. The molecule has 2 aromatic rings. The predicted octanol–water partition coefficient (Wildman–Crippen LogP) is 2.93. The third-order valence-electron chi connectivity index (χ3n) is 3.18. The molecule has 3 nitrogen and oxygen atoms in total. The minimum absolute atomic E-state index is 0.411. The van der Waals surface area contributed by atoms with E-state index >= 15 is 0 Å². The fourth-order valence-corrected chi connectivity index (χ4v) is 1.97. The standard InChI is InChI=1S/C15H21N3/c1-13-4-6-15(7-5-13)14(2)17-8-3-10-18-11-9-16-12-18/h4-7,9,11-12,14,17H,3,8,10H2,1-2H3/t14-/m0/s1. The minimum atomic E-state index is 0.411. The first-order chi connectivity index (χ1) is 8.75. The van der Waals surface area contributed by atoms with Crippen LogP contribution in [0.4, 0.5) is 0 Å². The molecule has 0 radical (unpaired) electrons. The van der Waals surface area contributed by atoms with Crippen molar-refractivity contribution in [2.75, 3.05) is 6.54 Å². The zero-order valence-corrected chi connectivity index (χ0v) is 11.1. The number of aryl methyl sites for hydroxylation is 2. The van der Waals surface area contributed by atoms with Crippen LogP contribution in [0.2, 0.25) is 0 Å². The van der Waals surface area contributed by atoms with Crippen molar-refractivity contribution in [3.05, 3.63) is 54.1 Å². The highest BCUT2D eigenvalue weighted by Gasteiger charge is 2.03. The first-order valence-electron chi connectivity index (χ1n) is 6.51. The fraction of sp³-hybridized carbons (Fsp3) is 0.400. The van der Waals surface area contributed by atoms with E-state index < -0.39 is 0 Å². The molecule has 1 N–H and O–H groups in total. The average Bonchev–Trinajstić information content (AvgIpc) is 2.88. The second-order valence-electron chi connectivity index (χ2n) is 4.74. The monoisotopic (exact) mass is 243 g/mol. The van der Waals surface area contributed by atoms with Crippen LogP contribution in [-0.2, 0) is 6.54 Å². The third kappa shape index (κ3) is 3.70. The molecule has 2 rings (SSSR count). The average molecular weight is 243 g/mol. The van der Waals surface area contributed by atoms with Crippen molar-refractivity contribution in [2.45, 2.75) is 32.9 Å². The topological polar surface area (TPSA) is 29.9 Å². The first kappa shape index (κ1) is 12.8. The molecule has 0 aliphatic heterocycles. The van der Waals surface area contributed by atoms with E-state index in [2.05, 4.69) is 53.0 Å². The third-order valence-corrected chi connectivity index (χ3v) is 3.18. The smallest absolute Gasteiger partial charge is 0.0945 e. The zero-order chi connectivity index (χ0) is 12.8. The summed E-state index contributed by atoms with van der Waals surface area (Å²) >= 11 is 0. The van der Waals surface area contributed by atoms with Gasteiger partial charge in [0, 0.05) is 25.0 Å². The van der Waals surface area contributed by atoms with Crippen LogP contribution in [0.5, 0.6) is 0 Å². The minimum Gasteiger partial charge on any atom is -0.337 e. The van der Waals surface area contributed by atoms with Gasteiger partial charge in [-0.15, -0.1) is 0 Å². The number of hydrogen-bond acceptors (Lipinski definition) is 2. The summed E-state index contributed by atoms with van der Waals surface area (Å²) in [5.74, 6) is 0. The summed E-state index contributed by atoms with van der Waals surface area (Å²) in [6, 6.07) is 9.14. The Morgan fingerprint density at radius 2 is 2.06 bits per heavy atom. The Hall–Kier alpha value is -1.61. The summed E-state index contributed by atoms with van der Waals surface area (Å²) < 4.78 is 2.11. The molecule has 0 aliphatic carbocycles. The molecule has 0 spiro atoms. The normalized spacial score (nSPS) is 12.6. The molecule has 0 unspecified atom stereocenters. The Labute approximate surface area is 109 Å². The molecule has 0 saturated carbocycles. The Kier molecular flexibility index (Phi) is 4.53. The van der Waals surface area contributed by atoms with E-state index in [1.807, 2.05) is 18.7 Å². The van der Waals surface area contributed by atoms with Gasteiger partial charge in [-0.25, -0.2) is 4.98 Å². The highest BCUT2D eigenvalue weighted by atomic mass is 15.0. The summed E-state index contributed by atoms with van der Waals surface area (Å²) in [4.78, 5) is 4.03. The second kappa shape index (κ2) is 6.36. The van der Waals surface area contributed by atoms with Crippen molar-refractivity contribution in [1.82, 2.24) is 14.9 Å². The van der Waals surface area contributed by atoms with Crippen LogP contribution < -0.4 is 5.32 Å². The highest BCUT2D eigenvalue weighted by molar-refractivity contribution is 5.23. The zero-order valence-electron chi connectivity index (χ0n) is 11.1. The van der Waals surface area contributed by atoms with Gasteiger partial charge in [-0.3, -0.25) is 0 Å². The lowest BCUT2D eigenvalue weighted by atomic mass is 10.1. The van der Waals surface area contributed by atoms with Crippen molar-refractivity contribution >= 4 is 0 Å². The van der Waals surface area contributed by atoms with Gasteiger partial charge in [0.15, 0.2) is 0 Å². The van der Waals surface area contributed by atoms with Crippen LogP contribution in [0.25, 0.3) is 0 Å². The van der Waals surface area contributed by atoms with Crippen LogP contribution in [-0.4, -0.2) is 16.1 Å². The van der Waals surface area contributed by atoms with Gasteiger partial charge >= 0.3 is 0 Å². The van der Waals surface area contributed by atoms with Crippen molar-refractivity contribution in [1.29, 1.82) is 0 Å². The van der Waals surface area contributed by atoms with Gasteiger partial charge in [0.25, 0.3) is 0 Å². The molecule has 1 aromatic carbocycles. The van der Waals surface area contributed by atoms with Crippen molar-refractivity contribution in [3.63, 3.8) is 0 Å². The summed E-state index contributed by atoms with van der Waals surface area (Å²) in [5, 5.41) is 3.55. The second-order valence-corrected chi connectivity index (χ2v) is 4.74. The molecule has 0 bridgehead atoms. The molecule has 1 heterocycles. The molecule has 3 heteroatoms. The summed E-state index contributed by atoms with van der Waals surface area (Å²) in [6.45, 7) is 6.37. The van der Waals surface area contributed by atoms with Crippen molar-refractivity contribution in [2.24, 2.45) is 0 Å². The largest absolute Gasteiger partial charge is 0.337 e. The quantitative estimate of drug-likeness (QED) is 0.791. The lowest BCUT2D eigenvalue weighted by Gasteiger charge is -2.14. The van der Waals surface area contributed by atoms with Crippen LogP contribution in [0.1, 0.15) is 30.5 Å². The fourth-order valence-electron chi connectivity index (χ4n) is 1.97. The molecule has 0 fully saturated rings. The molecule has 0 aliphatic rings. The van der Waals surface area contributed by atoms with E-state index in [4.69, 9.17) is 0 Å². The van der Waals surface area contributed by atoms with Crippen LogP contribution in [0.15, 0.2) is 43.0 Å². The SMILES string of the molecule is Cc1ccc([C@H](C)NCCCn2ccnc2)cc1. The van der Waals surface area contributed by atoms with Crippen LogP contribution >= 0.6 is 0 Å². The summed E-state index contributed by atoms with van der Waals surface area (Å²) in [7, 11) is 0. The Morgan fingerprint density at radius 1 is 1.28 bits per heavy atom. The first-order valence-corrected chi connectivity index (χ1v) is 6.51. The number of benzene rings is 1. The van der Waals surface area contributed by atoms with E-state index in [-0.39, 0.29) is 0 Å². The number of rotatable bonds is 6. The van der Waals surface area contributed by atoms with E-state index in [1.54, 1.807) is 0 Å². The number of hydrogen-bond donors (Lipinski definition) is 1. The molecular formula is C15H21N3. The summed E-state index contributed by atoms with van der Waals surface area (Å²) in [6.07, 6.45) is 6.81. The Morgan fingerprint density at radius 3 is 2.72 bits per heavy atom. The van der Waals surface area contributed by atoms with Gasteiger partial charge in [-0.2, -0.15) is 0 Å². The van der Waals surface area contributed by atoms with Gasteiger partial charge in [0.2, 0.25) is 0 Å². The molecular weight excluding hydrogens is 222 g/mol. The van der Waals surface area contributed by atoms with Gasteiger partial charge in [-0.1, -0.05) is 29.8 Å².